The lowest BCUT2D eigenvalue weighted by atomic mass is 9.90. The Morgan fingerprint density at radius 2 is 1.81 bits per heavy atom. The van der Waals surface area contributed by atoms with E-state index in [4.69, 9.17) is 9.47 Å². The quantitative estimate of drug-likeness (QED) is 0.522. The minimum atomic E-state index is -1.06. The lowest BCUT2D eigenvalue weighted by molar-refractivity contribution is -0.141. The van der Waals surface area contributed by atoms with Crippen molar-refractivity contribution in [1.29, 1.82) is 0 Å². The molecule has 3 aliphatic rings. The molecule has 0 spiro atoms. The van der Waals surface area contributed by atoms with Crippen LogP contribution in [-0.4, -0.2) is 73.8 Å². The van der Waals surface area contributed by atoms with E-state index in [9.17, 15) is 14.7 Å². The van der Waals surface area contributed by atoms with Crippen LogP contribution in [0.5, 0.6) is 5.75 Å². The zero-order valence-corrected chi connectivity index (χ0v) is 21.4. The van der Waals surface area contributed by atoms with Gasteiger partial charge in [0.05, 0.1) is 43.9 Å². The second-order valence-corrected chi connectivity index (χ2v) is 11.6. The Labute approximate surface area is 214 Å². The summed E-state index contributed by atoms with van der Waals surface area (Å²) in [5.74, 6) is 0.944. The van der Waals surface area contributed by atoms with Gasteiger partial charge in [0.1, 0.15) is 17.5 Å². The summed E-state index contributed by atoms with van der Waals surface area (Å²) in [5.41, 5.74) is -0.223. The van der Waals surface area contributed by atoms with Crippen molar-refractivity contribution in [3.8, 4) is 11.4 Å². The number of amides is 1. The third-order valence-corrected chi connectivity index (χ3v) is 8.09. The zero-order chi connectivity index (χ0) is 25.8. The van der Waals surface area contributed by atoms with Crippen molar-refractivity contribution >= 4 is 16.9 Å². The average molecular weight is 508 g/mol. The Bertz CT molecular complexity index is 1380. The number of aromatic nitrogens is 4. The number of carbonyl (C=O) groups excluding carboxylic acids is 1. The normalized spacial score (nSPS) is 21.4. The van der Waals surface area contributed by atoms with E-state index in [-0.39, 0.29) is 28.8 Å². The van der Waals surface area contributed by atoms with E-state index in [0.717, 1.165) is 24.3 Å². The Morgan fingerprint density at radius 1 is 1.11 bits per heavy atom. The van der Waals surface area contributed by atoms with Crippen molar-refractivity contribution in [1.82, 2.24) is 24.2 Å². The molecule has 3 fully saturated rings. The first-order valence-electron chi connectivity index (χ1n) is 12.9. The van der Waals surface area contributed by atoms with E-state index in [1.165, 1.54) is 17.1 Å². The molecule has 2 aliphatic heterocycles. The van der Waals surface area contributed by atoms with Crippen LogP contribution in [0.1, 0.15) is 39.5 Å². The first-order valence-corrected chi connectivity index (χ1v) is 12.9. The van der Waals surface area contributed by atoms with E-state index < -0.39 is 5.60 Å². The SMILES string of the molecule is CC1(COc2ccc(-n3ncc4c(=O)n(CC5(O)CCN(C(=O)C6(C)CC6)CC5)cnc43)cc2)COC1. The largest absolute Gasteiger partial charge is 0.493 e. The maximum absolute atomic E-state index is 13.2. The van der Waals surface area contributed by atoms with Gasteiger partial charge < -0.3 is 19.5 Å². The fourth-order valence-electron chi connectivity index (χ4n) is 5.11. The summed E-state index contributed by atoms with van der Waals surface area (Å²) in [5, 5.41) is 16.0. The molecule has 0 bridgehead atoms. The number of likely N-dealkylation sites (tertiary alicyclic amines) is 1. The molecule has 0 unspecified atom stereocenters. The molecule has 1 aliphatic carbocycles. The molecule has 0 radical (unpaired) electrons. The molecule has 1 aromatic carbocycles. The highest BCUT2D eigenvalue weighted by atomic mass is 16.5. The summed E-state index contributed by atoms with van der Waals surface area (Å²) in [6.07, 6.45) is 5.73. The number of hydrogen-bond donors (Lipinski definition) is 1. The number of ether oxygens (including phenoxy) is 2. The van der Waals surface area contributed by atoms with Crippen LogP contribution in [0.4, 0.5) is 0 Å². The third kappa shape index (κ3) is 4.53. The minimum absolute atomic E-state index is 0.0667. The fraction of sp³-hybridized carbons (Fsp3) is 0.556. The lowest BCUT2D eigenvalue weighted by Crippen LogP contribution is -2.51. The summed E-state index contributed by atoms with van der Waals surface area (Å²) in [7, 11) is 0. The molecule has 2 saturated heterocycles. The van der Waals surface area contributed by atoms with Crippen molar-refractivity contribution in [3.05, 3.63) is 47.1 Å². The van der Waals surface area contributed by atoms with Crippen LogP contribution in [0.2, 0.25) is 0 Å². The molecule has 1 saturated carbocycles. The number of aliphatic hydroxyl groups is 1. The van der Waals surface area contributed by atoms with Crippen LogP contribution in [0, 0.1) is 10.8 Å². The van der Waals surface area contributed by atoms with E-state index >= 15 is 0 Å². The number of nitrogens with zero attached hydrogens (tertiary/aromatic N) is 5. The van der Waals surface area contributed by atoms with Gasteiger partial charge in [-0.1, -0.05) is 13.8 Å². The van der Waals surface area contributed by atoms with Crippen LogP contribution in [0.15, 0.2) is 41.6 Å². The first kappa shape index (κ1) is 24.1. The molecular weight excluding hydrogens is 474 g/mol. The van der Waals surface area contributed by atoms with Crippen LogP contribution in [-0.2, 0) is 16.1 Å². The average Bonchev–Trinajstić information content (AvgIpc) is 3.48. The van der Waals surface area contributed by atoms with Gasteiger partial charge in [-0.2, -0.15) is 5.10 Å². The predicted octanol–water partition coefficient (Wildman–Crippen LogP) is 2.15. The number of fused-ring (bicyclic) bond motifs is 1. The van der Waals surface area contributed by atoms with Crippen molar-refractivity contribution in [2.45, 2.75) is 51.7 Å². The second kappa shape index (κ2) is 8.66. The summed E-state index contributed by atoms with van der Waals surface area (Å²) in [6.45, 7) is 7.29. The van der Waals surface area contributed by atoms with Gasteiger partial charge in [0.25, 0.3) is 5.56 Å². The van der Waals surface area contributed by atoms with Crippen LogP contribution in [0.3, 0.4) is 0 Å². The van der Waals surface area contributed by atoms with Gasteiger partial charge in [-0.05, 0) is 49.9 Å². The van der Waals surface area contributed by atoms with E-state index in [1.807, 2.05) is 36.1 Å². The molecule has 4 heterocycles. The number of piperidine rings is 1. The number of benzene rings is 1. The van der Waals surface area contributed by atoms with Crippen LogP contribution >= 0.6 is 0 Å². The minimum Gasteiger partial charge on any atom is -0.493 e. The van der Waals surface area contributed by atoms with Crippen molar-refractivity contribution in [3.63, 3.8) is 0 Å². The van der Waals surface area contributed by atoms with E-state index in [1.54, 1.807) is 4.68 Å². The van der Waals surface area contributed by atoms with Crippen molar-refractivity contribution < 1.29 is 19.4 Å². The third-order valence-electron chi connectivity index (χ3n) is 8.09. The number of carbonyl (C=O) groups is 1. The Balaban J connectivity index is 1.14. The standard InChI is InChI=1S/C27H33N5O5/c1-25(15-36-16-25)17-37-20-5-3-19(4-6-20)32-22-21(13-29-32)23(33)31(18-28-22)14-27(35)9-11-30(12-10-27)24(34)26(2)7-8-26/h3-6,13,18,35H,7-12,14-17H2,1-2H3. The second-order valence-electron chi connectivity index (χ2n) is 11.6. The lowest BCUT2D eigenvalue weighted by Gasteiger charge is -2.39. The van der Waals surface area contributed by atoms with Crippen molar-refractivity contribution in [2.24, 2.45) is 10.8 Å². The molecule has 0 atom stereocenters. The maximum Gasteiger partial charge on any atom is 0.264 e. The highest BCUT2D eigenvalue weighted by Gasteiger charge is 2.48. The monoisotopic (exact) mass is 507 g/mol. The van der Waals surface area contributed by atoms with Gasteiger partial charge in [-0.15, -0.1) is 0 Å². The van der Waals surface area contributed by atoms with Crippen molar-refractivity contribution in [2.75, 3.05) is 32.9 Å². The van der Waals surface area contributed by atoms with E-state index in [2.05, 4.69) is 17.0 Å². The first-order chi connectivity index (χ1) is 17.7. The Morgan fingerprint density at radius 3 is 2.43 bits per heavy atom. The van der Waals surface area contributed by atoms with Gasteiger partial charge in [-0.3, -0.25) is 14.2 Å². The molecule has 10 nitrogen and oxygen atoms in total. The van der Waals surface area contributed by atoms with Gasteiger partial charge in [-0.25, -0.2) is 9.67 Å². The number of rotatable bonds is 7. The fourth-order valence-corrected chi connectivity index (χ4v) is 5.11. The summed E-state index contributed by atoms with van der Waals surface area (Å²) < 4.78 is 14.3. The van der Waals surface area contributed by atoms with Crippen LogP contribution in [0.25, 0.3) is 16.7 Å². The van der Waals surface area contributed by atoms with E-state index in [0.29, 0.717) is 56.8 Å². The molecule has 1 N–H and O–H groups in total. The topological polar surface area (TPSA) is 112 Å². The molecule has 1 amide bonds. The summed E-state index contributed by atoms with van der Waals surface area (Å²) in [6, 6.07) is 7.52. The molecule has 6 rings (SSSR count). The van der Waals surface area contributed by atoms with Gasteiger partial charge >= 0.3 is 0 Å². The highest BCUT2D eigenvalue weighted by molar-refractivity contribution is 5.85. The number of hydrogen-bond acceptors (Lipinski definition) is 7. The van der Waals surface area contributed by atoms with Gasteiger partial charge in [0.2, 0.25) is 5.91 Å². The molecule has 10 heteroatoms. The van der Waals surface area contributed by atoms with Crippen LogP contribution < -0.4 is 10.3 Å². The maximum atomic E-state index is 13.2. The highest BCUT2D eigenvalue weighted by Crippen LogP contribution is 2.47. The Hall–Kier alpha value is -3.24. The van der Waals surface area contributed by atoms with Gasteiger partial charge in [0.15, 0.2) is 5.65 Å². The molecule has 196 valence electrons. The molecule has 37 heavy (non-hydrogen) atoms. The smallest absolute Gasteiger partial charge is 0.264 e. The summed E-state index contributed by atoms with van der Waals surface area (Å²) >= 11 is 0. The Kier molecular flexibility index (Phi) is 5.65. The molecular formula is C27H33N5O5. The molecule has 3 aromatic rings. The zero-order valence-electron chi connectivity index (χ0n) is 21.4. The van der Waals surface area contributed by atoms with Gasteiger partial charge in [0, 0.05) is 23.9 Å². The summed E-state index contributed by atoms with van der Waals surface area (Å²) in [4.78, 5) is 32.2. The molecule has 2 aromatic heterocycles. The predicted molar refractivity (Wildman–Crippen MR) is 136 cm³/mol.